The third-order valence-electron chi connectivity index (χ3n) is 3.26. The van der Waals surface area contributed by atoms with E-state index in [0.717, 1.165) is 12.1 Å². The summed E-state index contributed by atoms with van der Waals surface area (Å²) in [6.45, 7) is 1.85. The van der Waals surface area contributed by atoms with Crippen molar-refractivity contribution in [3.05, 3.63) is 29.3 Å². The van der Waals surface area contributed by atoms with Crippen LogP contribution in [0.15, 0.2) is 12.1 Å². The summed E-state index contributed by atoms with van der Waals surface area (Å²) in [6.07, 6.45) is -0.524. The first-order chi connectivity index (χ1) is 9.43. The number of nitrogens with zero attached hydrogens (tertiary/aromatic N) is 1. The van der Waals surface area contributed by atoms with E-state index < -0.39 is 29.3 Å². The number of morpholine rings is 1. The van der Waals surface area contributed by atoms with E-state index in [-0.39, 0.29) is 31.5 Å². The molecule has 0 saturated carbocycles. The number of anilines is 1. The molecular weight excluding hydrogens is 272 g/mol. The molecule has 1 aliphatic heterocycles. The molecule has 1 aliphatic rings. The van der Waals surface area contributed by atoms with Crippen LogP contribution in [0.2, 0.25) is 0 Å². The molecule has 1 aromatic rings. The average molecular weight is 287 g/mol. The fourth-order valence-corrected chi connectivity index (χ4v) is 2.20. The molecule has 7 heteroatoms. The number of aromatic carboxylic acids is 1. The Kier molecular flexibility index (Phi) is 4.20. The van der Waals surface area contributed by atoms with Crippen molar-refractivity contribution in [2.75, 3.05) is 24.7 Å². The van der Waals surface area contributed by atoms with Crippen molar-refractivity contribution < 1.29 is 28.5 Å². The molecule has 5 nitrogen and oxygen atoms in total. The number of hydrogen-bond acceptors (Lipinski definition) is 4. The third-order valence-corrected chi connectivity index (χ3v) is 3.26. The van der Waals surface area contributed by atoms with E-state index >= 15 is 0 Å². The zero-order valence-electron chi connectivity index (χ0n) is 10.8. The highest BCUT2D eigenvalue weighted by molar-refractivity contribution is 5.88. The van der Waals surface area contributed by atoms with Crippen LogP contribution in [0.4, 0.5) is 14.5 Å². The van der Waals surface area contributed by atoms with Gasteiger partial charge in [0.15, 0.2) is 0 Å². The fraction of sp³-hybridized carbons (Fsp3) is 0.462. The summed E-state index contributed by atoms with van der Waals surface area (Å²) in [5.74, 6) is -3.27. The van der Waals surface area contributed by atoms with Gasteiger partial charge in [-0.15, -0.1) is 0 Å². The maximum absolute atomic E-state index is 14.0. The van der Waals surface area contributed by atoms with E-state index in [1.807, 2.05) is 0 Å². The number of halogens is 2. The predicted molar refractivity (Wildman–Crippen MR) is 67.0 cm³/mol. The Morgan fingerprint density at radius 1 is 1.45 bits per heavy atom. The molecule has 20 heavy (non-hydrogen) atoms. The van der Waals surface area contributed by atoms with Gasteiger partial charge in [0, 0.05) is 12.6 Å². The number of aliphatic hydroxyl groups is 1. The molecule has 0 amide bonds. The quantitative estimate of drug-likeness (QED) is 0.875. The van der Waals surface area contributed by atoms with Crippen molar-refractivity contribution in [3.63, 3.8) is 0 Å². The Bertz CT molecular complexity index is 500. The highest BCUT2D eigenvalue weighted by atomic mass is 19.1. The predicted octanol–water partition coefficient (Wildman–Crippen LogP) is 1.25. The lowest BCUT2D eigenvalue weighted by Gasteiger charge is -2.39. The standard InChI is InChI=1S/C13H15F2NO4/c1-7-6-20-9(5-17)4-16(7)12-10(14)2-8(13(18)19)3-11(12)15/h2-3,7,9,17H,4-6H2,1H3,(H,18,19). The maximum atomic E-state index is 14.0. The van der Waals surface area contributed by atoms with Crippen molar-refractivity contribution in [2.45, 2.75) is 19.1 Å². The largest absolute Gasteiger partial charge is 0.478 e. The van der Waals surface area contributed by atoms with E-state index in [1.54, 1.807) is 6.92 Å². The van der Waals surface area contributed by atoms with Gasteiger partial charge in [-0.2, -0.15) is 0 Å². The summed E-state index contributed by atoms with van der Waals surface area (Å²) in [5, 5.41) is 17.8. The molecule has 0 radical (unpaired) electrons. The zero-order valence-corrected chi connectivity index (χ0v) is 10.8. The first kappa shape index (κ1) is 14.7. The van der Waals surface area contributed by atoms with E-state index in [2.05, 4.69) is 0 Å². The molecule has 1 fully saturated rings. The zero-order chi connectivity index (χ0) is 14.9. The lowest BCUT2D eigenvalue weighted by atomic mass is 10.1. The minimum absolute atomic E-state index is 0.137. The summed E-state index contributed by atoms with van der Waals surface area (Å²) in [7, 11) is 0. The van der Waals surface area contributed by atoms with Crippen molar-refractivity contribution in [2.24, 2.45) is 0 Å². The summed E-state index contributed by atoms with van der Waals surface area (Å²) in [6, 6.07) is 1.30. The van der Waals surface area contributed by atoms with Crippen LogP contribution in [-0.2, 0) is 4.74 Å². The van der Waals surface area contributed by atoms with Gasteiger partial charge in [-0.05, 0) is 19.1 Å². The van der Waals surface area contributed by atoms with E-state index in [9.17, 15) is 13.6 Å². The lowest BCUT2D eigenvalue weighted by molar-refractivity contribution is -0.0107. The summed E-state index contributed by atoms with van der Waals surface area (Å²) < 4.78 is 33.3. The summed E-state index contributed by atoms with van der Waals surface area (Å²) in [4.78, 5) is 12.2. The van der Waals surface area contributed by atoms with Gasteiger partial charge < -0.3 is 19.8 Å². The Labute approximate surface area is 114 Å². The second kappa shape index (κ2) is 5.72. The van der Waals surface area contributed by atoms with Crippen molar-refractivity contribution in [1.82, 2.24) is 0 Å². The SMILES string of the molecule is CC1COC(CO)CN1c1c(F)cc(C(=O)O)cc1F. The number of carboxylic acid groups (broad SMARTS) is 1. The van der Waals surface area contributed by atoms with Crippen LogP contribution in [0.1, 0.15) is 17.3 Å². The Morgan fingerprint density at radius 2 is 2.05 bits per heavy atom. The van der Waals surface area contributed by atoms with Gasteiger partial charge in [-0.3, -0.25) is 0 Å². The van der Waals surface area contributed by atoms with Crippen molar-refractivity contribution in [3.8, 4) is 0 Å². The van der Waals surface area contributed by atoms with Crippen LogP contribution in [0.25, 0.3) is 0 Å². The summed E-state index contributed by atoms with van der Waals surface area (Å²) >= 11 is 0. The van der Waals surface area contributed by atoms with Gasteiger partial charge in [0.25, 0.3) is 0 Å². The average Bonchev–Trinajstić information content (AvgIpc) is 2.39. The number of benzene rings is 1. The molecule has 1 heterocycles. The number of ether oxygens (including phenoxy) is 1. The second-order valence-corrected chi connectivity index (χ2v) is 4.73. The maximum Gasteiger partial charge on any atom is 0.335 e. The van der Waals surface area contributed by atoms with Gasteiger partial charge >= 0.3 is 5.97 Å². The molecule has 2 atom stereocenters. The van der Waals surface area contributed by atoms with Crippen LogP contribution >= 0.6 is 0 Å². The minimum Gasteiger partial charge on any atom is -0.478 e. The van der Waals surface area contributed by atoms with E-state index in [4.69, 9.17) is 14.9 Å². The Balaban J connectivity index is 2.38. The highest BCUT2D eigenvalue weighted by Crippen LogP contribution is 2.29. The minimum atomic E-state index is -1.39. The highest BCUT2D eigenvalue weighted by Gasteiger charge is 2.30. The molecule has 0 spiro atoms. The first-order valence-corrected chi connectivity index (χ1v) is 6.15. The van der Waals surface area contributed by atoms with Crippen LogP contribution in [-0.4, -0.2) is 48.1 Å². The number of carboxylic acids is 1. The third kappa shape index (κ3) is 2.73. The van der Waals surface area contributed by atoms with Crippen LogP contribution in [0.5, 0.6) is 0 Å². The fourth-order valence-electron chi connectivity index (χ4n) is 2.20. The molecule has 2 rings (SSSR count). The monoisotopic (exact) mass is 287 g/mol. The van der Waals surface area contributed by atoms with Gasteiger partial charge in [-0.25, -0.2) is 13.6 Å². The number of hydrogen-bond donors (Lipinski definition) is 2. The molecule has 2 unspecified atom stereocenters. The number of carbonyl (C=O) groups is 1. The van der Waals surface area contributed by atoms with E-state index in [0.29, 0.717) is 0 Å². The van der Waals surface area contributed by atoms with Gasteiger partial charge in [-0.1, -0.05) is 0 Å². The smallest absolute Gasteiger partial charge is 0.335 e. The Hall–Kier alpha value is -1.73. The van der Waals surface area contributed by atoms with Crippen LogP contribution in [0, 0.1) is 11.6 Å². The van der Waals surface area contributed by atoms with Gasteiger partial charge in [0.05, 0.1) is 24.9 Å². The molecule has 1 saturated heterocycles. The van der Waals surface area contributed by atoms with Crippen LogP contribution in [0.3, 0.4) is 0 Å². The molecular formula is C13H15F2NO4. The molecule has 1 aromatic carbocycles. The first-order valence-electron chi connectivity index (χ1n) is 6.15. The molecule has 110 valence electrons. The molecule has 0 aromatic heterocycles. The molecule has 0 bridgehead atoms. The van der Waals surface area contributed by atoms with Crippen molar-refractivity contribution in [1.29, 1.82) is 0 Å². The number of aliphatic hydroxyl groups excluding tert-OH is 1. The normalized spacial score (nSPS) is 22.9. The topological polar surface area (TPSA) is 70.0 Å². The van der Waals surface area contributed by atoms with E-state index in [1.165, 1.54) is 4.90 Å². The van der Waals surface area contributed by atoms with Gasteiger partial charge in [0.2, 0.25) is 0 Å². The number of rotatable bonds is 3. The second-order valence-electron chi connectivity index (χ2n) is 4.73. The Morgan fingerprint density at radius 3 is 2.55 bits per heavy atom. The van der Waals surface area contributed by atoms with Crippen molar-refractivity contribution >= 4 is 11.7 Å². The van der Waals surface area contributed by atoms with Crippen LogP contribution < -0.4 is 4.90 Å². The van der Waals surface area contributed by atoms with Gasteiger partial charge in [0.1, 0.15) is 17.3 Å². The lowest BCUT2D eigenvalue weighted by Crippen LogP contribution is -2.50. The summed E-state index contributed by atoms with van der Waals surface area (Å²) in [5.41, 5.74) is -0.729. The molecule has 2 N–H and O–H groups in total. The molecule has 0 aliphatic carbocycles.